The molecule has 1 unspecified atom stereocenters. The summed E-state index contributed by atoms with van der Waals surface area (Å²) in [5.41, 5.74) is 2.24. The maximum atomic E-state index is 14.2. The number of amides is 2. The van der Waals surface area contributed by atoms with Crippen LogP contribution in [-0.4, -0.2) is 122 Å². The van der Waals surface area contributed by atoms with Gasteiger partial charge in [-0.25, -0.2) is 9.37 Å². The van der Waals surface area contributed by atoms with Crippen LogP contribution < -0.4 is 15.0 Å². The third-order valence-corrected chi connectivity index (χ3v) is 8.17. The summed E-state index contributed by atoms with van der Waals surface area (Å²) in [5, 5.41) is 3.57. The second kappa shape index (κ2) is 12.8. The first-order chi connectivity index (χ1) is 19.7. The molecule has 41 heavy (non-hydrogen) atoms. The molecule has 3 aliphatic rings. The number of pyridine rings is 1. The largest absolute Gasteiger partial charge is 0.473 e. The molecule has 1 aromatic heterocycles. The first kappa shape index (κ1) is 29.4. The van der Waals surface area contributed by atoms with E-state index in [0.29, 0.717) is 37.2 Å². The summed E-state index contributed by atoms with van der Waals surface area (Å²) in [6.45, 7) is 9.14. The minimum Gasteiger partial charge on any atom is -0.473 e. The predicted molar refractivity (Wildman–Crippen MR) is 154 cm³/mol. The van der Waals surface area contributed by atoms with Crippen LogP contribution in [0.15, 0.2) is 36.5 Å². The molecular formula is C30H41FN6O4. The lowest BCUT2D eigenvalue weighted by molar-refractivity contribution is -0.134. The van der Waals surface area contributed by atoms with E-state index in [1.54, 1.807) is 37.3 Å². The van der Waals surface area contributed by atoms with Gasteiger partial charge in [-0.3, -0.25) is 24.3 Å². The topological polar surface area (TPSA) is 90.5 Å². The van der Waals surface area contributed by atoms with Gasteiger partial charge >= 0.3 is 0 Å². The SMILES string of the molecule is C[C@@H]1CN(CC(=O)N2c3cc(Cc4ccc(F)cc4)cnc3OCC2C(=O)N(C)C)[C@@H](CN2CCOC[C@H]2C)CN1. The predicted octanol–water partition coefficient (Wildman–Crippen LogP) is 1.38. The van der Waals surface area contributed by atoms with E-state index < -0.39 is 6.04 Å². The van der Waals surface area contributed by atoms with E-state index >= 15 is 0 Å². The van der Waals surface area contributed by atoms with Crippen molar-refractivity contribution in [3.05, 3.63) is 53.5 Å². The molecule has 11 heteroatoms. The molecule has 2 amide bonds. The van der Waals surface area contributed by atoms with Crippen molar-refractivity contribution in [2.45, 2.75) is 44.4 Å². The minimum atomic E-state index is -0.800. The molecular weight excluding hydrogens is 527 g/mol. The Balaban J connectivity index is 1.41. The van der Waals surface area contributed by atoms with Gasteiger partial charge in [-0.2, -0.15) is 0 Å². The van der Waals surface area contributed by atoms with Gasteiger partial charge in [0.2, 0.25) is 17.7 Å². The number of piperazine rings is 1. The molecule has 0 saturated carbocycles. The molecule has 2 saturated heterocycles. The highest BCUT2D eigenvalue weighted by Crippen LogP contribution is 2.34. The summed E-state index contributed by atoms with van der Waals surface area (Å²) < 4.78 is 25.0. The highest BCUT2D eigenvalue weighted by atomic mass is 19.1. The molecule has 2 aromatic rings. The van der Waals surface area contributed by atoms with Gasteiger partial charge in [0.15, 0.2) is 0 Å². The summed E-state index contributed by atoms with van der Waals surface area (Å²) in [4.78, 5) is 39.8. The maximum absolute atomic E-state index is 14.2. The summed E-state index contributed by atoms with van der Waals surface area (Å²) in [7, 11) is 3.36. The van der Waals surface area contributed by atoms with Gasteiger partial charge in [0, 0.05) is 64.6 Å². The van der Waals surface area contributed by atoms with Crippen molar-refractivity contribution >= 4 is 17.5 Å². The van der Waals surface area contributed by atoms with E-state index in [4.69, 9.17) is 9.47 Å². The number of aromatic nitrogens is 1. The first-order valence-electron chi connectivity index (χ1n) is 14.4. The number of hydrogen-bond acceptors (Lipinski definition) is 8. The van der Waals surface area contributed by atoms with Gasteiger partial charge in [-0.15, -0.1) is 0 Å². The number of ether oxygens (including phenoxy) is 2. The van der Waals surface area contributed by atoms with Gasteiger partial charge in [-0.1, -0.05) is 12.1 Å². The molecule has 5 rings (SSSR count). The average molecular weight is 569 g/mol. The van der Waals surface area contributed by atoms with Crippen LogP contribution in [0, 0.1) is 5.82 Å². The monoisotopic (exact) mass is 568 g/mol. The Morgan fingerprint density at radius 2 is 1.90 bits per heavy atom. The lowest BCUT2D eigenvalue weighted by Gasteiger charge is -2.44. The lowest BCUT2D eigenvalue weighted by atomic mass is 10.0. The van der Waals surface area contributed by atoms with Crippen LogP contribution in [0.3, 0.4) is 0 Å². The van der Waals surface area contributed by atoms with Crippen LogP contribution in [0.1, 0.15) is 25.0 Å². The number of carbonyl (C=O) groups is 2. The molecule has 222 valence electrons. The molecule has 2 fully saturated rings. The van der Waals surface area contributed by atoms with Gasteiger partial charge in [0.1, 0.15) is 24.2 Å². The molecule has 4 atom stereocenters. The van der Waals surface area contributed by atoms with Crippen molar-refractivity contribution in [1.29, 1.82) is 0 Å². The highest BCUT2D eigenvalue weighted by Gasteiger charge is 2.40. The Morgan fingerprint density at radius 1 is 1.12 bits per heavy atom. The third-order valence-electron chi connectivity index (χ3n) is 8.17. The molecule has 4 heterocycles. The molecule has 1 aromatic carbocycles. The Morgan fingerprint density at radius 3 is 2.63 bits per heavy atom. The number of fused-ring (bicyclic) bond motifs is 1. The second-order valence-corrected chi connectivity index (χ2v) is 11.6. The zero-order valence-corrected chi connectivity index (χ0v) is 24.4. The summed E-state index contributed by atoms with van der Waals surface area (Å²) in [6.07, 6.45) is 2.21. The van der Waals surface area contributed by atoms with Crippen LogP contribution >= 0.6 is 0 Å². The maximum Gasteiger partial charge on any atom is 0.248 e. The Kier molecular flexibility index (Phi) is 9.18. The summed E-state index contributed by atoms with van der Waals surface area (Å²) in [5.74, 6) is -0.336. The number of nitrogens with zero attached hydrogens (tertiary/aromatic N) is 5. The fourth-order valence-corrected chi connectivity index (χ4v) is 5.85. The van der Waals surface area contributed by atoms with Crippen molar-refractivity contribution in [1.82, 2.24) is 25.0 Å². The van der Waals surface area contributed by atoms with Crippen molar-refractivity contribution in [3.63, 3.8) is 0 Å². The number of anilines is 1. The van der Waals surface area contributed by atoms with Crippen molar-refractivity contribution in [2.75, 3.05) is 71.5 Å². The number of rotatable bonds is 7. The van der Waals surface area contributed by atoms with Crippen molar-refractivity contribution in [2.24, 2.45) is 0 Å². The number of likely N-dealkylation sites (N-methyl/N-ethyl adjacent to an activating group) is 1. The van der Waals surface area contributed by atoms with Gasteiger partial charge in [0.25, 0.3) is 0 Å². The molecule has 3 aliphatic heterocycles. The van der Waals surface area contributed by atoms with Crippen molar-refractivity contribution < 1.29 is 23.5 Å². The lowest BCUT2D eigenvalue weighted by Crippen LogP contribution is -2.63. The Bertz CT molecular complexity index is 1230. The van der Waals surface area contributed by atoms with Crippen LogP contribution in [0.5, 0.6) is 5.88 Å². The van der Waals surface area contributed by atoms with Gasteiger partial charge in [0.05, 0.1) is 19.8 Å². The molecule has 0 aliphatic carbocycles. The molecule has 0 radical (unpaired) electrons. The quantitative estimate of drug-likeness (QED) is 0.536. The normalized spacial score (nSPS) is 25.3. The molecule has 1 N–H and O–H groups in total. The van der Waals surface area contributed by atoms with E-state index in [9.17, 15) is 14.0 Å². The summed E-state index contributed by atoms with van der Waals surface area (Å²) in [6, 6.07) is 8.07. The number of nitrogens with one attached hydrogen (secondary N) is 1. The fraction of sp³-hybridized carbons (Fsp3) is 0.567. The zero-order valence-electron chi connectivity index (χ0n) is 24.4. The number of carbonyl (C=O) groups excluding carboxylic acids is 2. The minimum absolute atomic E-state index is 0.0345. The van der Waals surface area contributed by atoms with E-state index in [2.05, 4.69) is 33.9 Å². The van der Waals surface area contributed by atoms with Gasteiger partial charge in [-0.05, 0) is 49.6 Å². The van der Waals surface area contributed by atoms with Crippen LogP contribution in [0.25, 0.3) is 0 Å². The second-order valence-electron chi connectivity index (χ2n) is 11.6. The van der Waals surface area contributed by atoms with E-state index in [1.165, 1.54) is 17.0 Å². The average Bonchev–Trinajstić information content (AvgIpc) is 2.95. The number of hydrogen-bond donors (Lipinski definition) is 1. The smallest absolute Gasteiger partial charge is 0.248 e. The zero-order chi connectivity index (χ0) is 29.1. The Labute approximate surface area is 241 Å². The molecule has 0 spiro atoms. The van der Waals surface area contributed by atoms with E-state index in [-0.39, 0.29) is 42.9 Å². The van der Waals surface area contributed by atoms with E-state index in [1.807, 2.05) is 6.07 Å². The number of morpholine rings is 1. The third kappa shape index (κ3) is 6.86. The van der Waals surface area contributed by atoms with Crippen molar-refractivity contribution in [3.8, 4) is 5.88 Å². The highest BCUT2D eigenvalue weighted by molar-refractivity contribution is 6.03. The van der Waals surface area contributed by atoms with Crippen LogP contribution in [-0.2, 0) is 20.7 Å². The number of halogens is 1. The molecule has 0 bridgehead atoms. The molecule has 10 nitrogen and oxygen atoms in total. The standard InChI is InChI=1S/C30H41FN6O4/c1-20-15-36(25(14-32-20)16-35-9-10-40-18-21(35)2)17-28(38)37-26-12-23(11-22-5-7-24(31)8-6-22)13-33-29(26)41-19-27(37)30(39)34(3)4/h5-8,12-13,20-21,25,27,32H,9-11,14-19H2,1-4H3/t20-,21-,25-,27?/m1/s1. The van der Waals surface area contributed by atoms with Crippen LogP contribution in [0.2, 0.25) is 0 Å². The fourth-order valence-electron chi connectivity index (χ4n) is 5.85. The van der Waals surface area contributed by atoms with Gasteiger partial charge < -0.3 is 19.7 Å². The van der Waals surface area contributed by atoms with E-state index in [0.717, 1.165) is 37.3 Å². The Hall–Kier alpha value is -3.12. The first-order valence-corrected chi connectivity index (χ1v) is 14.4. The number of benzene rings is 1. The van der Waals surface area contributed by atoms with Crippen LogP contribution in [0.4, 0.5) is 10.1 Å². The summed E-state index contributed by atoms with van der Waals surface area (Å²) >= 11 is 0.